The van der Waals surface area contributed by atoms with Crippen LogP contribution in [0.15, 0.2) is 0 Å². The molecule has 0 aromatic heterocycles. The van der Waals surface area contributed by atoms with E-state index in [1.807, 2.05) is 0 Å². The summed E-state index contributed by atoms with van der Waals surface area (Å²) < 4.78 is 29.9. The smallest absolute Gasteiger partial charge is 0.291 e. The maximum atomic E-state index is 12.5. The molecular formula is C10H16F2O3. The minimum atomic E-state index is -3.08. The van der Waals surface area contributed by atoms with E-state index in [0.717, 1.165) is 0 Å². The summed E-state index contributed by atoms with van der Waals surface area (Å²) in [5.74, 6) is -3.11. The number of hydrogen-bond acceptors (Lipinski definition) is 3. The number of ketones is 1. The van der Waals surface area contributed by atoms with Gasteiger partial charge in [0.15, 0.2) is 5.78 Å². The molecule has 1 aliphatic heterocycles. The summed E-state index contributed by atoms with van der Waals surface area (Å²) in [7, 11) is 0. The van der Waals surface area contributed by atoms with E-state index >= 15 is 0 Å². The lowest BCUT2D eigenvalue weighted by Crippen LogP contribution is -2.48. The van der Waals surface area contributed by atoms with Crippen LogP contribution in [-0.4, -0.2) is 28.7 Å². The van der Waals surface area contributed by atoms with Crippen molar-refractivity contribution < 1.29 is 23.4 Å². The van der Waals surface area contributed by atoms with E-state index in [1.165, 1.54) is 6.92 Å². The number of aliphatic hydroxyl groups is 1. The van der Waals surface area contributed by atoms with Gasteiger partial charge in [-0.25, -0.2) is 8.78 Å². The quantitative estimate of drug-likeness (QED) is 0.735. The molecule has 1 rings (SSSR count). The topological polar surface area (TPSA) is 46.5 Å². The van der Waals surface area contributed by atoms with E-state index in [9.17, 15) is 18.7 Å². The molecule has 0 saturated carbocycles. The van der Waals surface area contributed by atoms with Gasteiger partial charge in [0.05, 0.1) is 6.42 Å². The monoisotopic (exact) mass is 222 g/mol. The van der Waals surface area contributed by atoms with Crippen LogP contribution in [0.3, 0.4) is 0 Å². The van der Waals surface area contributed by atoms with Gasteiger partial charge < -0.3 is 9.84 Å². The predicted molar refractivity (Wildman–Crippen MR) is 49.5 cm³/mol. The van der Waals surface area contributed by atoms with Gasteiger partial charge >= 0.3 is 0 Å². The highest BCUT2D eigenvalue weighted by atomic mass is 19.3. The predicted octanol–water partition coefficient (Wildman–Crippen LogP) is 1.73. The standard InChI is InChI=1S/C10H16F2O3/c1-8(2,3)9(4)6(13)5-10(14,15-9)7(11)12/h7,14H,5H2,1-4H3. The Bertz CT molecular complexity index is 285. The number of rotatable bonds is 1. The summed E-state index contributed by atoms with van der Waals surface area (Å²) in [6.45, 7) is 6.57. The summed E-state index contributed by atoms with van der Waals surface area (Å²) >= 11 is 0. The van der Waals surface area contributed by atoms with Gasteiger partial charge in [0, 0.05) is 0 Å². The molecule has 1 saturated heterocycles. The zero-order valence-electron chi connectivity index (χ0n) is 9.30. The maximum Gasteiger partial charge on any atom is 0.291 e. The van der Waals surface area contributed by atoms with Gasteiger partial charge in [0.25, 0.3) is 6.43 Å². The molecule has 0 aromatic rings. The molecule has 88 valence electrons. The van der Waals surface area contributed by atoms with E-state index in [4.69, 9.17) is 4.74 Å². The second kappa shape index (κ2) is 3.22. The van der Waals surface area contributed by atoms with Gasteiger partial charge in [-0.15, -0.1) is 0 Å². The van der Waals surface area contributed by atoms with E-state index in [2.05, 4.69) is 0 Å². The maximum absolute atomic E-state index is 12.5. The third kappa shape index (κ3) is 1.78. The highest BCUT2D eigenvalue weighted by molar-refractivity contribution is 5.90. The first-order valence-corrected chi connectivity index (χ1v) is 4.77. The number of carbonyl (C=O) groups excluding carboxylic acids is 1. The fourth-order valence-electron chi connectivity index (χ4n) is 1.54. The molecule has 0 bridgehead atoms. The number of carbonyl (C=O) groups is 1. The van der Waals surface area contributed by atoms with Crippen molar-refractivity contribution in [1.82, 2.24) is 0 Å². The van der Waals surface area contributed by atoms with Crippen molar-refractivity contribution in [2.45, 2.75) is 51.9 Å². The number of halogens is 2. The Labute approximate surface area is 87.4 Å². The third-order valence-electron chi connectivity index (χ3n) is 3.10. The molecule has 1 heterocycles. The lowest BCUT2D eigenvalue weighted by Gasteiger charge is -2.37. The van der Waals surface area contributed by atoms with Gasteiger partial charge in [-0.2, -0.15) is 0 Å². The molecule has 0 aliphatic carbocycles. The van der Waals surface area contributed by atoms with Crippen LogP contribution in [0.25, 0.3) is 0 Å². The summed E-state index contributed by atoms with van der Waals surface area (Å²) in [5.41, 5.74) is -2.00. The van der Waals surface area contributed by atoms with Gasteiger partial charge in [0.1, 0.15) is 5.60 Å². The van der Waals surface area contributed by atoms with Gasteiger partial charge in [-0.3, -0.25) is 4.79 Å². The number of Topliss-reactive ketones (excluding diaryl/α,β-unsaturated/α-hetero) is 1. The van der Waals surface area contributed by atoms with Crippen LogP contribution in [0, 0.1) is 5.41 Å². The van der Waals surface area contributed by atoms with E-state index in [0.29, 0.717) is 0 Å². The summed E-state index contributed by atoms with van der Waals surface area (Å²) in [5, 5.41) is 9.44. The molecular weight excluding hydrogens is 206 g/mol. The minimum absolute atomic E-state index is 0.488. The van der Waals surface area contributed by atoms with Crippen molar-refractivity contribution in [1.29, 1.82) is 0 Å². The molecule has 15 heavy (non-hydrogen) atoms. The van der Waals surface area contributed by atoms with Crippen molar-refractivity contribution in [3.63, 3.8) is 0 Å². The van der Waals surface area contributed by atoms with Crippen LogP contribution >= 0.6 is 0 Å². The minimum Gasteiger partial charge on any atom is -0.361 e. The molecule has 0 aromatic carbocycles. The van der Waals surface area contributed by atoms with Crippen LogP contribution in [-0.2, 0) is 9.53 Å². The number of ether oxygens (including phenoxy) is 1. The Kier molecular flexibility index (Phi) is 2.69. The van der Waals surface area contributed by atoms with Crippen molar-refractivity contribution in [3.05, 3.63) is 0 Å². The Morgan fingerprint density at radius 1 is 1.47 bits per heavy atom. The fraction of sp³-hybridized carbons (Fsp3) is 0.900. The van der Waals surface area contributed by atoms with Crippen molar-refractivity contribution >= 4 is 5.78 Å². The van der Waals surface area contributed by atoms with Crippen molar-refractivity contribution in [2.75, 3.05) is 0 Å². The summed E-state index contributed by atoms with van der Waals surface area (Å²) in [6.07, 6.45) is -3.73. The SMILES string of the molecule is CC(C)(C)C1(C)OC(O)(C(F)F)CC1=O. The molecule has 5 heteroatoms. The van der Waals surface area contributed by atoms with Crippen molar-refractivity contribution in [3.8, 4) is 0 Å². The van der Waals surface area contributed by atoms with Gasteiger partial charge in [-0.1, -0.05) is 20.8 Å². The molecule has 0 spiro atoms. The molecule has 1 aliphatic rings. The molecule has 1 N–H and O–H groups in total. The van der Waals surface area contributed by atoms with Crippen molar-refractivity contribution in [2.24, 2.45) is 5.41 Å². The third-order valence-corrected chi connectivity index (χ3v) is 3.10. The zero-order valence-corrected chi connectivity index (χ0v) is 9.30. The summed E-state index contributed by atoms with van der Waals surface area (Å²) in [6, 6.07) is 0. The van der Waals surface area contributed by atoms with E-state index in [1.54, 1.807) is 20.8 Å². The second-order valence-corrected chi connectivity index (χ2v) is 5.13. The van der Waals surface area contributed by atoms with E-state index in [-0.39, 0.29) is 0 Å². The first kappa shape index (κ1) is 12.5. The molecule has 2 atom stereocenters. The highest BCUT2D eigenvalue weighted by Gasteiger charge is 2.61. The van der Waals surface area contributed by atoms with Crippen LogP contribution in [0.5, 0.6) is 0 Å². The van der Waals surface area contributed by atoms with Crippen LogP contribution in [0.2, 0.25) is 0 Å². The summed E-state index contributed by atoms with van der Waals surface area (Å²) in [4.78, 5) is 11.6. The second-order valence-electron chi connectivity index (χ2n) is 5.13. The lowest BCUT2D eigenvalue weighted by molar-refractivity contribution is -0.290. The zero-order chi connectivity index (χ0) is 12.1. The van der Waals surface area contributed by atoms with Gasteiger partial charge in [0.2, 0.25) is 5.79 Å². The fourth-order valence-corrected chi connectivity index (χ4v) is 1.54. The number of hydrogen-bond donors (Lipinski definition) is 1. The first-order valence-electron chi connectivity index (χ1n) is 4.77. The average Bonchev–Trinajstić information content (AvgIpc) is 2.23. The van der Waals surface area contributed by atoms with E-state index < -0.39 is 35.4 Å². The first-order chi connectivity index (χ1) is 6.53. The van der Waals surface area contributed by atoms with Crippen LogP contribution < -0.4 is 0 Å². The molecule has 0 amide bonds. The normalized spacial score (nSPS) is 37.7. The average molecular weight is 222 g/mol. The Balaban J connectivity index is 3.05. The largest absolute Gasteiger partial charge is 0.361 e. The van der Waals surface area contributed by atoms with Gasteiger partial charge in [-0.05, 0) is 12.3 Å². The number of alkyl halides is 2. The van der Waals surface area contributed by atoms with Crippen LogP contribution in [0.1, 0.15) is 34.1 Å². The molecule has 0 radical (unpaired) electrons. The Morgan fingerprint density at radius 3 is 2.13 bits per heavy atom. The lowest BCUT2D eigenvalue weighted by atomic mass is 9.75. The van der Waals surface area contributed by atoms with Crippen LogP contribution in [0.4, 0.5) is 8.78 Å². The Hall–Kier alpha value is -0.550. The molecule has 3 nitrogen and oxygen atoms in total. The Morgan fingerprint density at radius 2 is 1.93 bits per heavy atom. The molecule has 2 unspecified atom stereocenters. The molecule has 1 fully saturated rings. The highest BCUT2D eigenvalue weighted by Crippen LogP contribution is 2.46.